The summed E-state index contributed by atoms with van der Waals surface area (Å²) in [5.74, 6) is 0.785. The first kappa shape index (κ1) is 25.2. The fourth-order valence-electron chi connectivity index (χ4n) is 4.59. The standard InChI is InChI=1S/C26H39N3O4/c1-5-21(24(32)27-15-12-18(2)3)29-22-9-7-6-8-20(22)28-25(29)33-17-23(31)26(4)13-10-19(16-30)11-14-26/h6-9,18-19,21,30H,5,10-17H2,1-4H3,(H,27,32). The number of rotatable bonds is 11. The van der Waals surface area contributed by atoms with Gasteiger partial charge in [-0.1, -0.05) is 39.8 Å². The summed E-state index contributed by atoms with van der Waals surface area (Å²) < 4.78 is 7.84. The van der Waals surface area contributed by atoms with E-state index in [0.29, 0.717) is 24.9 Å². The lowest BCUT2D eigenvalue weighted by Gasteiger charge is -2.35. The van der Waals surface area contributed by atoms with E-state index in [-0.39, 0.29) is 30.8 Å². The van der Waals surface area contributed by atoms with Crippen molar-refractivity contribution in [2.75, 3.05) is 19.8 Å². The van der Waals surface area contributed by atoms with Crippen LogP contribution in [0.25, 0.3) is 11.0 Å². The van der Waals surface area contributed by atoms with Crippen molar-refractivity contribution in [1.29, 1.82) is 0 Å². The lowest BCUT2D eigenvalue weighted by Crippen LogP contribution is -2.37. The van der Waals surface area contributed by atoms with Gasteiger partial charge in [0, 0.05) is 18.6 Å². The van der Waals surface area contributed by atoms with Crippen LogP contribution in [0.1, 0.15) is 72.3 Å². The third-order valence-electron chi connectivity index (χ3n) is 7.06. The Balaban J connectivity index is 1.78. The number of benzene rings is 1. The van der Waals surface area contributed by atoms with E-state index < -0.39 is 11.5 Å². The highest BCUT2D eigenvalue weighted by Crippen LogP contribution is 2.39. The Hall–Kier alpha value is -2.41. The minimum atomic E-state index is -0.467. The maximum Gasteiger partial charge on any atom is 0.298 e. The fourth-order valence-corrected chi connectivity index (χ4v) is 4.59. The molecule has 1 aliphatic rings. The van der Waals surface area contributed by atoms with Crippen LogP contribution in [0.4, 0.5) is 0 Å². The van der Waals surface area contributed by atoms with Gasteiger partial charge in [-0.15, -0.1) is 0 Å². The number of ketones is 1. The van der Waals surface area contributed by atoms with Gasteiger partial charge in [0.15, 0.2) is 12.4 Å². The SMILES string of the molecule is CCC(C(=O)NCCC(C)C)n1c(OCC(=O)C2(C)CCC(CO)CC2)nc2ccccc21. The van der Waals surface area contributed by atoms with Gasteiger partial charge in [-0.3, -0.25) is 14.2 Å². The molecule has 1 aromatic carbocycles. The monoisotopic (exact) mass is 457 g/mol. The molecule has 0 aliphatic heterocycles. The molecule has 1 amide bonds. The smallest absolute Gasteiger partial charge is 0.298 e. The highest BCUT2D eigenvalue weighted by atomic mass is 16.5. The van der Waals surface area contributed by atoms with Crippen LogP contribution >= 0.6 is 0 Å². The number of nitrogens with zero attached hydrogens (tertiary/aromatic N) is 2. The number of hydrogen-bond donors (Lipinski definition) is 2. The molecule has 7 heteroatoms. The number of carbonyl (C=O) groups is 2. The lowest BCUT2D eigenvalue weighted by atomic mass is 9.69. The molecule has 1 saturated carbocycles. The van der Waals surface area contributed by atoms with Crippen LogP contribution in [0.5, 0.6) is 6.01 Å². The minimum Gasteiger partial charge on any atom is -0.457 e. The number of fused-ring (bicyclic) bond motifs is 1. The van der Waals surface area contributed by atoms with Crippen LogP contribution in [-0.4, -0.2) is 46.1 Å². The van der Waals surface area contributed by atoms with Crippen LogP contribution in [-0.2, 0) is 9.59 Å². The summed E-state index contributed by atoms with van der Waals surface area (Å²) in [5.41, 5.74) is 1.12. The highest BCUT2D eigenvalue weighted by molar-refractivity contribution is 5.87. The van der Waals surface area contributed by atoms with E-state index in [4.69, 9.17) is 4.74 Å². The van der Waals surface area contributed by atoms with E-state index in [1.54, 1.807) is 0 Å². The van der Waals surface area contributed by atoms with E-state index in [9.17, 15) is 14.7 Å². The number of aliphatic hydroxyl groups excluding tert-OH is 1. The Morgan fingerprint density at radius 1 is 1.27 bits per heavy atom. The largest absolute Gasteiger partial charge is 0.457 e. The maximum absolute atomic E-state index is 13.1. The van der Waals surface area contributed by atoms with Gasteiger partial charge in [-0.05, 0) is 62.5 Å². The van der Waals surface area contributed by atoms with Crippen LogP contribution in [0.2, 0.25) is 0 Å². The second-order valence-corrected chi connectivity index (χ2v) is 10.0. The number of imidazole rings is 1. The number of Topliss-reactive ketones (excluding diaryl/α,β-unsaturated/α-hetero) is 1. The third kappa shape index (κ3) is 5.94. The van der Waals surface area contributed by atoms with Crippen molar-refractivity contribution in [3.63, 3.8) is 0 Å². The molecule has 2 N–H and O–H groups in total. The lowest BCUT2D eigenvalue weighted by molar-refractivity contribution is -0.132. The van der Waals surface area contributed by atoms with E-state index in [1.165, 1.54) is 0 Å². The molecule has 3 rings (SSSR count). The molecular weight excluding hydrogens is 418 g/mol. The Morgan fingerprint density at radius 2 is 1.97 bits per heavy atom. The van der Waals surface area contributed by atoms with E-state index in [0.717, 1.165) is 43.1 Å². The molecule has 1 heterocycles. The summed E-state index contributed by atoms with van der Waals surface area (Å²) in [7, 11) is 0. The molecular formula is C26H39N3O4. The van der Waals surface area contributed by atoms with Crippen LogP contribution in [0.3, 0.4) is 0 Å². The maximum atomic E-state index is 13.1. The predicted octanol–water partition coefficient (Wildman–Crippen LogP) is 4.29. The molecule has 182 valence electrons. The second kappa shape index (κ2) is 11.1. The molecule has 33 heavy (non-hydrogen) atoms. The summed E-state index contributed by atoms with van der Waals surface area (Å²) in [6.45, 7) is 8.96. The Labute approximate surface area is 196 Å². The van der Waals surface area contributed by atoms with Gasteiger partial charge >= 0.3 is 0 Å². The minimum absolute atomic E-state index is 0.0481. The summed E-state index contributed by atoms with van der Waals surface area (Å²) in [4.78, 5) is 30.7. The molecule has 1 fully saturated rings. The molecule has 1 aliphatic carbocycles. The fraction of sp³-hybridized carbons (Fsp3) is 0.654. The van der Waals surface area contributed by atoms with Crippen LogP contribution in [0.15, 0.2) is 24.3 Å². The Bertz CT molecular complexity index is 944. The molecule has 0 bridgehead atoms. The normalized spacial score (nSPS) is 21.8. The first-order chi connectivity index (χ1) is 15.8. The summed E-state index contributed by atoms with van der Waals surface area (Å²) in [6.07, 6.45) is 4.72. The van der Waals surface area contributed by atoms with E-state index >= 15 is 0 Å². The van der Waals surface area contributed by atoms with Crippen LogP contribution in [0, 0.1) is 17.3 Å². The average molecular weight is 458 g/mol. The predicted molar refractivity (Wildman–Crippen MR) is 129 cm³/mol. The summed E-state index contributed by atoms with van der Waals surface area (Å²) in [5, 5.41) is 12.4. The number of carbonyl (C=O) groups excluding carboxylic acids is 2. The van der Waals surface area contributed by atoms with Gasteiger partial charge in [0.2, 0.25) is 5.91 Å². The molecule has 1 unspecified atom stereocenters. The zero-order valence-corrected chi connectivity index (χ0v) is 20.5. The van der Waals surface area contributed by atoms with Gasteiger partial charge < -0.3 is 15.2 Å². The van der Waals surface area contributed by atoms with Gasteiger partial charge in [-0.2, -0.15) is 4.98 Å². The number of aliphatic hydroxyl groups is 1. The van der Waals surface area contributed by atoms with E-state index in [1.807, 2.05) is 42.7 Å². The van der Waals surface area contributed by atoms with Crippen LogP contribution < -0.4 is 10.1 Å². The van der Waals surface area contributed by atoms with Crippen molar-refractivity contribution in [3.05, 3.63) is 24.3 Å². The quantitative estimate of drug-likeness (QED) is 0.525. The molecule has 0 saturated heterocycles. The zero-order chi connectivity index (χ0) is 24.0. The number of amides is 1. The van der Waals surface area contributed by atoms with Crippen molar-refractivity contribution in [1.82, 2.24) is 14.9 Å². The number of para-hydroxylation sites is 2. The molecule has 0 spiro atoms. The molecule has 2 aromatic rings. The molecule has 0 radical (unpaired) electrons. The molecule has 7 nitrogen and oxygen atoms in total. The first-order valence-electron chi connectivity index (χ1n) is 12.3. The third-order valence-corrected chi connectivity index (χ3v) is 7.06. The Kier molecular flexibility index (Phi) is 8.51. The van der Waals surface area contributed by atoms with E-state index in [2.05, 4.69) is 24.1 Å². The second-order valence-electron chi connectivity index (χ2n) is 10.0. The van der Waals surface area contributed by atoms with Crippen molar-refractivity contribution in [2.24, 2.45) is 17.3 Å². The Morgan fingerprint density at radius 3 is 2.61 bits per heavy atom. The zero-order valence-electron chi connectivity index (χ0n) is 20.5. The number of hydrogen-bond acceptors (Lipinski definition) is 5. The van der Waals surface area contributed by atoms with Gasteiger partial charge in [0.1, 0.15) is 6.04 Å². The number of aromatic nitrogens is 2. The highest BCUT2D eigenvalue weighted by Gasteiger charge is 2.37. The van der Waals surface area contributed by atoms with Crippen molar-refractivity contribution < 1.29 is 19.4 Å². The summed E-state index contributed by atoms with van der Waals surface area (Å²) in [6, 6.07) is 7.48. The molecule has 1 aromatic heterocycles. The van der Waals surface area contributed by atoms with Crippen molar-refractivity contribution in [3.8, 4) is 6.01 Å². The number of nitrogens with one attached hydrogen (secondary N) is 1. The topological polar surface area (TPSA) is 93.5 Å². The van der Waals surface area contributed by atoms with Gasteiger partial charge in [0.05, 0.1) is 11.0 Å². The average Bonchev–Trinajstić information content (AvgIpc) is 3.16. The van der Waals surface area contributed by atoms with Crippen molar-refractivity contribution in [2.45, 2.75) is 72.3 Å². The first-order valence-corrected chi connectivity index (χ1v) is 12.3. The van der Waals surface area contributed by atoms with Gasteiger partial charge in [0.25, 0.3) is 6.01 Å². The van der Waals surface area contributed by atoms with Gasteiger partial charge in [-0.25, -0.2) is 0 Å². The summed E-state index contributed by atoms with van der Waals surface area (Å²) >= 11 is 0. The van der Waals surface area contributed by atoms with Crippen molar-refractivity contribution >= 4 is 22.7 Å². The number of ether oxygens (including phenoxy) is 1. The molecule has 1 atom stereocenters.